The molecule has 11 heteroatoms. The smallest absolute Gasteiger partial charge is 0.403 e. The first-order valence-corrected chi connectivity index (χ1v) is 9.69. The first kappa shape index (κ1) is 20.4. The van der Waals surface area contributed by atoms with Gasteiger partial charge in [0.05, 0.1) is 21.8 Å². The van der Waals surface area contributed by atoms with Crippen LogP contribution in [-0.4, -0.2) is 26.6 Å². The maximum absolute atomic E-state index is 12.8. The molecule has 0 fully saturated rings. The van der Waals surface area contributed by atoms with Crippen molar-refractivity contribution in [3.05, 3.63) is 63.9 Å². The van der Waals surface area contributed by atoms with Crippen LogP contribution in [0.25, 0.3) is 0 Å². The molecule has 0 atom stereocenters. The number of benzene rings is 2. The van der Waals surface area contributed by atoms with Crippen LogP contribution in [0, 0.1) is 6.92 Å². The van der Waals surface area contributed by atoms with E-state index in [4.69, 9.17) is 16.3 Å². The number of cyclic esters (lactones) is 1. The lowest BCUT2D eigenvalue weighted by Crippen LogP contribution is -2.08. The van der Waals surface area contributed by atoms with Gasteiger partial charge in [0.1, 0.15) is 0 Å². The van der Waals surface area contributed by atoms with Gasteiger partial charge in [-0.15, -0.1) is 5.10 Å². The van der Waals surface area contributed by atoms with E-state index in [1.807, 2.05) is 0 Å². The zero-order valence-electron chi connectivity index (χ0n) is 15.5. The molecule has 4 rings (SSSR count). The van der Waals surface area contributed by atoms with Crippen molar-refractivity contribution < 1.29 is 22.7 Å². The van der Waals surface area contributed by atoms with Crippen molar-refractivity contribution in [2.45, 2.75) is 23.2 Å². The highest BCUT2D eigenvalue weighted by Crippen LogP contribution is 2.34. The molecule has 2 aromatic carbocycles. The van der Waals surface area contributed by atoms with Gasteiger partial charge in [0.2, 0.25) is 5.90 Å². The van der Waals surface area contributed by atoms with E-state index in [1.54, 1.807) is 43.3 Å². The summed E-state index contributed by atoms with van der Waals surface area (Å²) in [6, 6.07) is 10.1. The molecule has 0 spiro atoms. The lowest BCUT2D eigenvalue weighted by molar-refractivity contribution is -0.145. The molecule has 154 valence electrons. The van der Waals surface area contributed by atoms with Crippen LogP contribution >= 0.6 is 23.4 Å². The Hall–Kier alpha value is -2.85. The number of fused-ring (bicyclic) bond motifs is 1. The number of aromatic nitrogens is 3. The predicted octanol–water partition coefficient (Wildman–Crippen LogP) is 5.20. The van der Waals surface area contributed by atoms with Gasteiger partial charge < -0.3 is 4.74 Å². The fraction of sp³-hybridized carbons (Fsp3) is 0.158. The topological polar surface area (TPSA) is 69.4 Å². The second kappa shape index (κ2) is 7.44. The summed E-state index contributed by atoms with van der Waals surface area (Å²) >= 11 is 7.11. The summed E-state index contributed by atoms with van der Waals surface area (Å²) < 4.78 is 44.7. The van der Waals surface area contributed by atoms with Crippen LogP contribution in [0.1, 0.15) is 27.3 Å². The van der Waals surface area contributed by atoms with Gasteiger partial charge >= 0.3 is 12.1 Å². The molecule has 0 saturated heterocycles. The van der Waals surface area contributed by atoms with Gasteiger partial charge in [0.25, 0.3) is 5.82 Å². The maximum atomic E-state index is 12.8. The van der Waals surface area contributed by atoms with E-state index < -0.39 is 18.0 Å². The second-order valence-electron chi connectivity index (χ2n) is 6.36. The highest BCUT2D eigenvalue weighted by Gasteiger charge is 2.37. The van der Waals surface area contributed by atoms with Crippen LogP contribution in [0.5, 0.6) is 0 Å². The lowest BCUT2D eigenvalue weighted by Gasteiger charge is -2.06. The molecule has 2 heterocycles. The second-order valence-corrected chi connectivity index (χ2v) is 7.81. The predicted molar refractivity (Wildman–Crippen MR) is 104 cm³/mol. The average molecular weight is 453 g/mol. The van der Waals surface area contributed by atoms with Gasteiger partial charge in [0, 0.05) is 11.9 Å². The van der Waals surface area contributed by atoms with Crippen LogP contribution in [0.3, 0.4) is 0 Å². The summed E-state index contributed by atoms with van der Waals surface area (Å²) in [4.78, 5) is 20.7. The zero-order chi connectivity index (χ0) is 21.6. The Balaban J connectivity index is 1.61. The SMILES string of the molecule is Cc1cc(Sc2nc(C(F)(F)F)nn2C)ccc1/N=C1\OC(=O)c2c(Cl)cccc21. The minimum atomic E-state index is -4.61. The van der Waals surface area contributed by atoms with E-state index in [-0.39, 0.29) is 21.6 Å². The number of halogens is 4. The van der Waals surface area contributed by atoms with Gasteiger partial charge in [0.15, 0.2) is 5.16 Å². The Morgan fingerprint density at radius 3 is 2.67 bits per heavy atom. The highest BCUT2D eigenvalue weighted by molar-refractivity contribution is 7.99. The number of hydrogen-bond acceptors (Lipinski definition) is 6. The average Bonchev–Trinajstić information content (AvgIpc) is 3.18. The van der Waals surface area contributed by atoms with Crippen molar-refractivity contribution in [1.82, 2.24) is 14.8 Å². The number of esters is 1. The van der Waals surface area contributed by atoms with E-state index in [2.05, 4.69) is 15.1 Å². The lowest BCUT2D eigenvalue weighted by atomic mass is 10.1. The molecule has 1 aliphatic heterocycles. The first-order chi connectivity index (χ1) is 14.1. The minimum absolute atomic E-state index is 0.106. The number of hydrogen-bond donors (Lipinski definition) is 0. The number of carbonyl (C=O) groups excluding carboxylic acids is 1. The Labute approximate surface area is 177 Å². The van der Waals surface area contributed by atoms with Crippen molar-refractivity contribution in [2.24, 2.45) is 12.0 Å². The molecule has 0 saturated carbocycles. The molecule has 30 heavy (non-hydrogen) atoms. The molecule has 6 nitrogen and oxygen atoms in total. The third kappa shape index (κ3) is 3.80. The van der Waals surface area contributed by atoms with Crippen molar-refractivity contribution in [1.29, 1.82) is 0 Å². The number of aryl methyl sites for hydroxylation is 2. The van der Waals surface area contributed by atoms with Gasteiger partial charge in [-0.25, -0.2) is 14.5 Å². The Kier molecular flexibility index (Phi) is 5.07. The number of rotatable bonds is 3. The number of ether oxygens (including phenoxy) is 1. The summed E-state index contributed by atoms with van der Waals surface area (Å²) in [5.74, 6) is -1.61. The third-order valence-electron chi connectivity index (χ3n) is 4.21. The number of carbonyl (C=O) groups is 1. The van der Waals surface area contributed by atoms with Crippen LogP contribution in [-0.2, 0) is 18.0 Å². The number of aliphatic imine (C=N–C) groups is 1. The van der Waals surface area contributed by atoms with Crippen molar-refractivity contribution in [3.8, 4) is 0 Å². The molecule has 0 N–H and O–H groups in total. The van der Waals surface area contributed by atoms with Gasteiger partial charge in [-0.3, -0.25) is 0 Å². The molecule has 3 aromatic rings. The zero-order valence-corrected chi connectivity index (χ0v) is 17.1. The summed E-state index contributed by atoms with van der Waals surface area (Å²) in [5, 5.41) is 3.79. The van der Waals surface area contributed by atoms with Gasteiger partial charge in [-0.2, -0.15) is 18.2 Å². The molecule has 1 aliphatic rings. The van der Waals surface area contributed by atoms with Crippen LogP contribution < -0.4 is 0 Å². The Morgan fingerprint density at radius 2 is 2.00 bits per heavy atom. The molecular weight excluding hydrogens is 441 g/mol. The Bertz CT molecular complexity index is 1210. The van der Waals surface area contributed by atoms with E-state index in [0.717, 1.165) is 22.0 Å². The van der Waals surface area contributed by atoms with Crippen LogP contribution in [0.15, 0.2) is 51.4 Å². The number of alkyl halides is 3. The monoisotopic (exact) mass is 452 g/mol. The molecule has 0 amide bonds. The fourth-order valence-corrected chi connectivity index (χ4v) is 3.94. The summed E-state index contributed by atoms with van der Waals surface area (Å²) in [7, 11) is 1.40. The molecule has 0 unspecified atom stereocenters. The minimum Gasteiger partial charge on any atom is -0.403 e. The highest BCUT2D eigenvalue weighted by atomic mass is 35.5. The number of nitrogens with zero attached hydrogens (tertiary/aromatic N) is 4. The quantitative estimate of drug-likeness (QED) is 0.511. The van der Waals surface area contributed by atoms with E-state index in [1.165, 1.54) is 7.05 Å². The van der Waals surface area contributed by atoms with Crippen molar-refractivity contribution in [2.75, 3.05) is 0 Å². The summed E-state index contributed by atoms with van der Waals surface area (Å²) in [6.45, 7) is 1.79. The summed E-state index contributed by atoms with van der Waals surface area (Å²) in [6.07, 6.45) is -4.61. The van der Waals surface area contributed by atoms with E-state index >= 15 is 0 Å². The van der Waals surface area contributed by atoms with Gasteiger partial charge in [-0.05, 0) is 42.8 Å². The van der Waals surface area contributed by atoms with Crippen LogP contribution in [0.4, 0.5) is 18.9 Å². The molecule has 0 aliphatic carbocycles. The van der Waals surface area contributed by atoms with Crippen LogP contribution in [0.2, 0.25) is 5.02 Å². The first-order valence-electron chi connectivity index (χ1n) is 8.50. The molecule has 0 radical (unpaired) electrons. The summed E-state index contributed by atoms with van der Waals surface area (Å²) in [5.41, 5.74) is 2.05. The Morgan fingerprint density at radius 1 is 1.23 bits per heavy atom. The third-order valence-corrected chi connectivity index (χ3v) is 5.56. The van der Waals surface area contributed by atoms with Crippen molar-refractivity contribution in [3.63, 3.8) is 0 Å². The standard InChI is InChI=1S/C19H12ClF3N4O2S/c1-9-8-10(30-18-25-17(19(21,22)23)26-27(18)2)6-7-13(9)24-15-11-4-3-5-12(20)14(11)16(28)29-15/h3-8H,1-2H3/b24-15-. The molecule has 0 bridgehead atoms. The molecule has 1 aromatic heterocycles. The maximum Gasteiger partial charge on any atom is 0.453 e. The van der Waals surface area contributed by atoms with E-state index in [9.17, 15) is 18.0 Å². The largest absolute Gasteiger partial charge is 0.453 e. The van der Waals surface area contributed by atoms with E-state index in [0.29, 0.717) is 16.1 Å². The normalized spacial score (nSPS) is 14.9. The molecular formula is C19H12ClF3N4O2S. The van der Waals surface area contributed by atoms with Crippen molar-refractivity contribution >= 4 is 40.9 Å². The fourth-order valence-electron chi connectivity index (χ4n) is 2.80. The van der Waals surface area contributed by atoms with Gasteiger partial charge in [-0.1, -0.05) is 29.4 Å².